The number of benzene rings is 1. The van der Waals surface area contributed by atoms with E-state index < -0.39 is 0 Å². The summed E-state index contributed by atoms with van der Waals surface area (Å²) in [6.45, 7) is 4.00. The maximum absolute atomic E-state index is 5.69. The molecule has 1 unspecified atom stereocenters. The maximum Gasteiger partial charge on any atom is 0.142 e. The molecular formula is C16H23NO3. The molecule has 1 saturated carbocycles. The van der Waals surface area contributed by atoms with Crippen LogP contribution in [0.1, 0.15) is 18.4 Å². The minimum absolute atomic E-state index is 0.0329. The predicted molar refractivity (Wildman–Crippen MR) is 76.9 cm³/mol. The second-order valence-electron chi connectivity index (χ2n) is 5.54. The summed E-state index contributed by atoms with van der Waals surface area (Å²) >= 11 is 0. The van der Waals surface area contributed by atoms with Crippen LogP contribution in [0.4, 0.5) is 0 Å². The first kappa shape index (κ1) is 13.9. The molecule has 0 radical (unpaired) electrons. The third kappa shape index (κ3) is 4.47. The quantitative estimate of drug-likeness (QED) is 0.738. The van der Waals surface area contributed by atoms with Gasteiger partial charge in [0, 0.05) is 13.2 Å². The molecule has 0 aromatic heterocycles. The number of hydrogen-bond acceptors (Lipinski definition) is 4. The van der Waals surface area contributed by atoms with Gasteiger partial charge >= 0.3 is 0 Å². The molecule has 20 heavy (non-hydrogen) atoms. The lowest BCUT2D eigenvalue weighted by atomic mass is 10.1. The molecule has 2 fully saturated rings. The van der Waals surface area contributed by atoms with Crippen LogP contribution in [0, 0.1) is 5.92 Å². The highest BCUT2D eigenvalue weighted by atomic mass is 16.5. The first-order chi connectivity index (χ1) is 9.90. The summed E-state index contributed by atoms with van der Waals surface area (Å²) in [6.07, 6.45) is 3.71. The first-order valence-corrected chi connectivity index (χ1v) is 7.54. The fourth-order valence-corrected chi connectivity index (χ4v) is 2.24. The second-order valence-corrected chi connectivity index (χ2v) is 5.54. The van der Waals surface area contributed by atoms with Crippen LogP contribution in [0.5, 0.6) is 5.75 Å². The van der Waals surface area contributed by atoms with Crippen molar-refractivity contribution in [3.8, 4) is 5.75 Å². The average Bonchev–Trinajstić information content (AvgIpc) is 3.16. The zero-order valence-electron chi connectivity index (χ0n) is 11.8. The van der Waals surface area contributed by atoms with Crippen LogP contribution in [0.2, 0.25) is 0 Å². The minimum atomic E-state index is 0.0329. The van der Waals surface area contributed by atoms with E-state index >= 15 is 0 Å². The third-order valence-corrected chi connectivity index (χ3v) is 3.70. The average molecular weight is 277 g/mol. The molecular weight excluding hydrogens is 254 g/mol. The molecule has 1 N–H and O–H groups in total. The Kier molecular flexibility index (Phi) is 4.90. The Hall–Kier alpha value is -1.10. The van der Waals surface area contributed by atoms with Gasteiger partial charge in [-0.15, -0.1) is 0 Å². The SMILES string of the molecule is c1cc(OCC2NCCO2)ccc1CCOCC1CC1. The van der Waals surface area contributed by atoms with Gasteiger partial charge in [-0.05, 0) is 42.9 Å². The Balaban J connectivity index is 1.35. The molecule has 1 aromatic carbocycles. The van der Waals surface area contributed by atoms with Crippen LogP contribution < -0.4 is 10.1 Å². The van der Waals surface area contributed by atoms with Crippen molar-refractivity contribution >= 4 is 0 Å². The summed E-state index contributed by atoms with van der Waals surface area (Å²) in [5.41, 5.74) is 1.29. The molecule has 0 amide bonds. The molecule has 3 rings (SSSR count). The fraction of sp³-hybridized carbons (Fsp3) is 0.625. The minimum Gasteiger partial charge on any atom is -0.489 e. The number of rotatable bonds is 8. The number of nitrogens with one attached hydrogen (secondary N) is 1. The number of hydrogen-bond donors (Lipinski definition) is 1. The predicted octanol–water partition coefficient (Wildman–Crippen LogP) is 1.98. The second kappa shape index (κ2) is 7.07. The smallest absolute Gasteiger partial charge is 0.142 e. The molecule has 1 saturated heterocycles. The highest BCUT2D eigenvalue weighted by Gasteiger charge is 2.20. The molecule has 4 heteroatoms. The monoisotopic (exact) mass is 277 g/mol. The standard InChI is InChI=1S/C16H23NO3/c1-2-14(1)11-18-9-7-13-3-5-15(6-4-13)20-12-16-17-8-10-19-16/h3-6,14,16-17H,1-2,7-12H2. The van der Waals surface area contributed by atoms with Crippen molar-refractivity contribution < 1.29 is 14.2 Å². The Morgan fingerprint density at radius 1 is 1.15 bits per heavy atom. The third-order valence-electron chi connectivity index (χ3n) is 3.70. The lowest BCUT2D eigenvalue weighted by molar-refractivity contribution is 0.0581. The van der Waals surface area contributed by atoms with E-state index in [1.807, 2.05) is 12.1 Å². The Bertz CT molecular complexity index is 397. The lowest BCUT2D eigenvalue weighted by Gasteiger charge is -2.12. The highest BCUT2D eigenvalue weighted by molar-refractivity contribution is 5.27. The van der Waals surface area contributed by atoms with Gasteiger partial charge in [0.15, 0.2) is 0 Å². The topological polar surface area (TPSA) is 39.7 Å². The van der Waals surface area contributed by atoms with Crippen LogP contribution in [0.15, 0.2) is 24.3 Å². The molecule has 0 bridgehead atoms. The Morgan fingerprint density at radius 2 is 2.00 bits per heavy atom. The van der Waals surface area contributed by atoms with E-state index in [9.17, 15) is 0 Å². The van der Waals surface area contributed by atoms with E-state index in [-0.39, 0.29) is 6.23 Å². The number of ether oxygens (including phenoxy) is 3. The molecule has 0 spiro atoms. The summed E-state index contributed by atoms with van der Waals surface area (Å²) in [5.74, 6) is 1.74. The van der Waals surface area contributed by atoms with Gasteiger partial charge in [-0.2, -0.15) is 0 Å². The first-order valence-electron chi connectivity index (χ1n) is 7.54. The van der Waals surface area contributed by atoms with Crippen LogP contribution in [-0.4, -0.2) is 39.2 Å². The summed E-state index contributed by atoms with van der Waals surface area (Å²) in [7, 11) is 0. The summed E-state index contributed by atoms with van der Waals surface area (Å²) < 4.78 is 16.8. The lowest BCUT2D eigenvalue weighted by Crippen LogP contribution is -2.29. The highest BCUT2D eigenvalue weighted by Crippen LogP contribution is 2.28. The van der Waals surface area contributed by atoms with Crippen molar-refractivity contribution in [1.82, 2.24) is 5.32 Å². The van der Waals surface area contributed by atoms with E-state index in [0.717, 1.165) is 44.5 Å². The van der Waals surface area contributed by atoms with Crippen LogP contribution in [0.25, 0.3) is 0 Å². The van der Waals surface area contributed by atoms with Gasteiger partial charge in [-0.1, -0.05) is 12.1 Å². The van der Waals surface area contributed by atoms with E-state index in [1.54, 1.807) is 0 Å². The van der Waals surface area contributed by atoms with E-state index in [0.29, 0.717) is 6.61 Å². The fourth-order valence-electron chi connectivity index (χ4n) is 2.24. The molecule has 1 heterocycles. The summed E-state index contributed by atoms with van der Waals surface area (Å²) in [6, 6.07) is 8.26. The van der Waals surface area contributed by atoms with Crippen molar-refractivity contribution in [3.63, 3.8) is 0 Å². The summed E-state index contributed by atoms with van der Waals surface area (Å²) in [5, 5.41) is 3.22. The van der Waals surface area contributed by atoms with Gasteiger partial charge in [-0.3, -0.25) is 5.32 Å². The Morgan fingerprint density at radius 3 is 2.70 bits per heavy atom. The van der Waals surface area contributed by atoms with Gasteiger partial charge in [0.05, 0.1) is 13.2 Å². The molecule has 4 nitrogen and oxygen atoms in total. The van der Waals surface area contributed by atoms with Gasteiger partial charge in [0.1, 0.15) is 18.6 Å². The molecule has 110 valence electrons. The van der Waals surface area contributed by atoms with Crippen molar-refractivity contribution in [2.24, 2.45) is 5.92 Å². The van der Waals surface area contributed by atoms with E-state index in [1.165, 1.54) is 18.4 Å². The zero-order valence-corrected chi connectivity index (χ0v) is 11.8. The van der Waals surface area contributed by atoms with Crippen molar-refractivity contribution in [2.45, 2.75) is 25.5 Å². The normalized spacial score (nSPS) is 22.1. The zero-order chi connectivity index (χ0) is 13.6. The largest absolute Gasteiger partial charge is 0.489 e. The van der Waals surface area contributed by atoms with Gasteiger partial charge in [-0.25, -0.2) is 0 Å². The van der Waals surface area contributed by atoms with Gasteiger partial charge in [0.25, 0.3) is 0 Å². The van der Waals surface area contributed by atoms with Crippen LogP contribution >= 0.6 is 0 Å². The van der Waals surface area contributed by atoms with Crippen LogP contribution in [-0.2, 0) is 15.9 Å². The van der Waals surface area contributed by atoms with Gasteiger partial charge < -0.3 is 14.2 Å². The van der Waals surface area contributed by atoms with Gasteiger partial charge in [0.2, 0.25) is 0 Å². The van der Waals surface area contributed by atoms with Crippen molar-refractivity contribution in [2.75, 3.05) is 33.0 Å². The molecule has 1 atom stereocenters. The summed E-state index contributed by atoms with van der Waals surface area (Å²) in [4.78, 5) is 0. The van der Waals surface area contributed by atoms with E-state index in [2.05, 4.69) is 17.4 Å². The molecule has 1 aromatic rings. The van der Waals surface area contributed by atoms with Crippen molar-refractivity contribution in [3.05, 3.63) is 29.8 Å². The molecule has 2 aliphatic rings. The van der Waals surface area contributed by atoms with Crippen molar-refractivity contribution in [1.29, 1.82) is 0 Å². The maximum atomic E-state index is 5.69. The molecule has 1 aliphatic heterocycles. The Labute approximate surface area is 120 Å². The van der Waals surface area contributed by atoms with E-state index in [4.69, 9.17) is 14.2 Å². The molecule has 1 aliphatic carbocycles. The van der Waals surface area contributed by atoms with Crippen LogP contribution in [0.3, 0.4) is 0 Å².